The molecule has 21 heavy (non-hydrogen) atoms. The molecule has 1 aromatic carbocycles. The minimum Gasteiger partial charge on any atom is -0.359 e. The van der Waals surface area contributed by atoms with Crippen molar-refractivity contribution in [2.75, 3.05) is 27.5 Å². The van der Waals surface area contributed by atoms with Gasteiger partial charge in [0.1, 0.15) is 12.9 Å². The first-order chi connectivity index (χ1) is 10.0. The van der Waals surface area contributed by atoms with Crippen LogP contribution in [0.25, 0.3) is 0 Å². The maximum Gasteiger partial charge on any atom is 0.267 e. The summed E-state index contributed by atoms with van der Waals surface area (Å²) in [6.45, 7) is -0.0531. The van der Waals surface area contributed by atoms with Crippen LogP contribution >= 0.6 is 0 Å². The van der Waals surface area contributed by atoms with Gasteiger partial charge < -0.3 is 14.4 Å². The zero-order chi connectivity index (χ0) is 15.5. The summed E-state index contributed by atoms with van der Waals surface area (Å²) in [5.41, 5.74) is -0.789. The second-order valence-electron chi connectivity index (χ2n) is 5.11. The zero-order valence-corrected chi connectivity index (χ0v) is 12.0. The normalized spacial score (nSPS) is 25.9. The standard InChI is InChI=1S/C14H18N2O5/c1-15-9-14(16(18)19,11-6-4-3-5-7-11)8-12(13(15)17)21-10-20-2/h3-7,12H,8-10H2,1-2H3. The summed E-state index contributed by atoms with van der Waals surface area (Å²) >= 11 is 0. The topological polar surface area (TPSA) is 81.9 Å². The summed E-state index contributed by atoms with van der Waals surface area (Å²) < 4.78 is 10.1. The van der Waals surface area contributed by atoms with Crippen molar-refractivity contribution in [1.29, 1.82) is 0 Å². The largest absolute Gasteiger partial charge is 0.359 e. The maximum absolute atomic E-state index is 12.1. The summed E-state index contributed by atoms with van der Waals surface area (Å²) in [7, 11) is 2.99. The Hall–Kier alpha value is -1.99. The Labute approximate surface area is 122 Å². The van der Waals surface area contributed by atoms with E-state index < -0.39 is 11.6 Å². The molecule has 0 aliphatic carbocycles. The number of nitro groups is 1. The molecule has 0 radical (unpaired) electrons. The smallest absolute Gasteiger partial charge is 0.267 e. The Balaban J connectivity index is 2.37. The van der Waals surface area contributed by atoms with Crippen LogP contribution in [0.3, 0.4) is 0 Å². The number of benzene rings is 1. The second-order valence-corrected chi connectivity index (χ2v) is 5.11. The van der Waals surface area contributed by atoms with Crippen LogP contribution in [0.2, 0.25) is 0 Å². The minimum absolute atomic E-state index is 0.00343. The van der Waals surface area contributed by atoms with E-state index >= 15 is 0 Å². The van der Waals surface area contributed by atoms with Crippen molar-refractivity contribution in [2.24, 2.45) is 0 Å². The molecular weight excluding hydrogens is 276 g/mol. The number of likely N-dealkylation sites (N-methyl/N-ethyl adjacent to an activating group) is 1. The van der Waals surface area contributed by atoms with Crippen molar-refractivity contribution in [2.45, 2.75) is 18.1 Å². The third-order valence-corrected chi connectivity index (χ3v) is 3.72. The molecule has 0 N–H and O–H groups in total. The van der Waals surface area contributed by atoms with Crippen LogP contribution in [0, 0.1) is 10.1 Å². The van der Waals surface area contributed by atoms with Crippen molar-refractivity contribution in [3.63, 3.8) is 0 Å². The number of ether oxygens (including phenoxy) is 2. The molecule has 2 rings (SSSR count). The predicted octanol–water partition coefficient (Wildman–Crippen LogP) is 1.01. The van der Waals surface area contributed by atoms with Gasteiger partial charge in [-0.2, -0.15) is 0 Å². The van der Waals surface area contributed by atoms with Gasteiger partial charge in [0, 0.05) is 24.6 Å². The molecule has 1 aromatic rings. The molecule has 2 atom stereocenters. The number of amides is 1. The minimum atomic E-state index is -1.36. The Bertz CT molecular complexity index is 521. The Morgan fingerprint density at radius 3 is 2.67 bits per heavy atom. The first kappa shape index (κ1) is 15.4. The van der Waals surface area contributed by atoms with Gasteiger partial charge >= 0.3 is 0 Å². The molecule has 0 aromatic heterocycles. The molecule has 114 valence electrons. The maximum atomic E-state index is 12.1. The fourth-order valence-electron chi connectivity index (χ4n) is 2.65. The van der Waals surface area contributed by atoms with Gasteiger partial charge in [-0.1, -0.05) is 30.3 Å². The van der Waals surface area contributed by atoms with Gasteiger partial charge in [-0.3, -0.25) is 14.9 Å². The van der Waals surface area contributed by atoms with E-state index in [-0.39, 0.29) is 30.6 Å². The number of hydrogen-bond acceptors (Lipinski definition) is 5. The fraction of sp³-hybridized carbons (Fsp3) is 0.500. The van der Waals surface area contributed by atoms with E-state index in [4.69, 9.17) is 9.47 Å². The van der Waals surface area contributed by atoms with E-state index in [2.05, 4.69) is 0 Å². The van der Waals surface area contributed by atoms with Gasteiger partial charge in [0.15, 0.2) is 0 Å². The molecule has 0 saturated carbocycles. The van der Waals surface area contributed by atoms with Crippen LogP contribution in [-0.4, -0.2) is 49.3 Å². The number of hydrogen-bond donors (Lipinski definition) is 0. The van der Waals surface area contributed by atoms with Gasteiger partial charge in [-0.15, -0.1) is 0 Å². The summed E-state index contributed by atoms with van der Waals surface area (Å²) in [6.07, 6.45) is -0.884. The fourth-order valence-corrected chi connectivity index (χ4v) is 2.65. The number of carbonyl (C=O) groups is 1. The summed E-state index contributed by atoms with van der Waals surface area (Å²) in [5.74, 6) is -0.263. The highest BCUT2D eigenvalue weighted by molar-refractivity contribution is 5.82. The molecule has 1 aliphatic rings. The van der Waals surface area contributed by atoms with Crippen molar-refractivity contribution in [1.82, 2.24) is 4.90 Å². The quantitative estimate of drug-likeness (QED) is 0.460. The van der Waals surface area contributed by atoms with Gasteiger partial charge in [0.25, 0.3) is 11.4 Å². The third kappa shape index (κ3) is 2.88. The zero-order valence-electron chi connectivity index (χ0n) is 12.0. The molecule has 2 unspecified atom stereocenters. The Morgan fingerprint density at radius 2 is 2.10 bits per heavy atom. The van der Waals surface area contributed by atoms with Crippen LogP contribution in [0.15, 0.2) is 30.3 Å². The van der Waals surface area contributed by atoms with Crippen LogP contribution < -0.4 is 0 Å². The SMILES string of the molecule is COCOC1CC(c2ccccc2)([N+](=O)[O-])CN(C)C1=O. The summed E-state index contributed by atoms with van der Waals surface area (Å²) in [4.78, 5) is 24.8. The van der Waals surface area contributed by atoms with Crippen molar-refractivity contribution < 1.29 is 19.2 Å². The number of rotatable bonds is 5. The second kappa shape index (κ2) is 6.19. The van der Waals surface area contributed by atoms with E-state index in [0.717, 1.165) is 0 Å². The van der Waals surface area contributed by atoms with Crippen LogP contribution in [0.5, 0.6) is 0 Å². The number of carbonyl (C=O) groups excluding carboxylic acids is 1. The predicted molar refractivity (Wildman–Crippen MR) is 74.1 cm³/mol. The molecule has 1 heterocycles. The van der Waals surface area contributed by atoms with Crippen LogP contribution in [0.1, 0.15) is 12.0 Å². The lowest BCUT2D eigenvalue weighted by Crippen LogP contribution is -2.57. The van der Waals surface area contributed by atoms with E-state index in [9.17, 15) is 14.9 Å². The molecule has 7 nitrogen and oxygen atoms in total. The molecule has 0 spiro atoms. The lowest BCUT2D eigenvalue weighted by molar-refractivity contribution is -0.584. The number of nitrogens with zero attached hydrogens (tertiary/aromatic N) is 2. The highest BCUT2D eigenvalue weighted by Crippen LogP contribution is 2.35. The highest BCUT2D eigenvalue weighted by Gasteiger charge is 2.54. The Morgan fingerprint density at radius 1 is 1.43 bits per heavy atom. The van der Waals surface area contributed by atoms with Gasteiger partial charge in [0.2, 0.25) is 0 Å². The van der Waals surface area contributed by atoms with E-state index in [1.807, 2.05) is 0 Å². The molecule has 7 heteroatoms. The summed E-state index contributed by atoms with van der Waals surface area (Å²) in [5, 5.41) is 11.7. The van der Waals surface area contributed by atoms with Crippen molar-refractivity contribution in [3.05, 3.63) is 46.0 Å². The third-order valence-electron chi connectivity index (χ3n) is 3.72. The van der Waals surface area contributed by atoms with Crippen LogP contribution in [0.4, 0.5) is 0 Å². The lowest BCUT2D eigenvalue weighted by Gasteiger charge is -2.38. The van der Waals surface area contributed by atoms with Gasteiger partial charge in [0.05, 0.1) is 13.0 Å². The van der Waals surface area contributed by atoms with E-state index in [1.165, 1.54) is 12.0 Å². The average Bonchev–Trinajstić information content (AvgIpc) is 2.49. The first-order valence-electron chi connectivity index (χ1n) is 6.57. The van der Waals surface area contributed by atoms with Gasteiger partial charge in [-0.05, 0) is 0 Å². The van der Waals surface area contributed by atoms with E-state index in [0.29, 0.717) is 5.56 Å². The molecule has 1 saturated heterocycles. The number of likely N-dealkylation sites (tertiary alicyclic amines) is 1. The molecular formula is C14H18N2O5. The first-order valence-corrected chi connectivity index (χ1v) is 6.57. The molecule has 1 aliphatic heterocycles. The number of methoxy groups -OCH3 is 1. The van der Waals surface area contributed by atoms with Gasteiger partial charge in [-0.25, -0.2) is 0 Å². The molecule has 1 amide bonds. The number of piperidine rings is 1. The van der Waals surface area contributed by atoms with Crippen molar-refractivity contribution >= 4 is 5.91 Å². The van der Waals surface area contributed by atoms with Crippen LogP contribution in [-0.2, 0) is 19.8 Å². The molecule has 1 fully saturated rings. The van der Waals surface area contributed by atoms with Crippen molar-refractivity contribution in [3.8, 4) is 0 Å². The average molecular weight is 294 g/mol. The van der Waals surface area contributed by atoms with E-state index in [1.54, 1.807) is 37.4 Å². The monoisotopic (exact) mass is 294 g/mol. The molecule has 0 bridgehead atoms. The Kier molecular flexibility index (Phi) is 4.54. The highest BCUT2D eigenvalue weighted by atomic mass is 16.7. The summed E-state index contributed by atoms with van der Waals surface area (Å²) in [6, 6.07) is 8.72. The lowest BCUT2D eigenvalue weighted by atomic mass is 9.81.